The normalized spacial score (nSPS) is 9.30. The van der Waals surface area contributed by atoms with Crippen molar-refractivity contribution >= 4 is 23.6 Å². The molecule has 23 heavy (non-hydrogen) atoms. The summed E-state index contributed by atoms with van der Waals surface area (Å²) in [5.74, 6) is -2.01. The minimum atomic E-state index is -1.23. The van der Waals surface area contributed by atoms with Crippen molar-refractivity contribution in [1.29, 1.82) is 0 Å². The summed E-state index contributed by atoms with van der Waals surface area (Å²) >= 11 is 0. The van der Waals surface area contributed by atoms with E-state index in [-0.39, 0.29) is 23.3 Å². The molecule has 0 bridgehead atoms. The van der Waals surface area contributed by atoms with Gasteiger partial charge in [-0.3, -0.25) is 9.59 Å². The van der Waals surface area contributed by atoms with Crippen LogP contribution in [-0.4, -0.2) is 32.9 Å². The first-order valence-corrected chi connectivity index (χ1v) is 6.50. The van der Waals surface area contributed by atoms with Crippen LogP contribution in [0.3, 0.4) is 0 Å². The molecule has 1 aromatic carbocycles. The predicted octanol–water partition coefficient (Wildman–Crippen LogP) is 1.23. The van der Waals surface area contributed by atoms with E-state index in [4.69, 9.17) is 10.8 Å². The molecule has 0 fully saturated rings. The van der Waals surface area contributed by atoms with Gasteiger partial charge in [0, 0.05) is 24.9 Å². The molecule has 1 heterocycles. The number of aromatic nitrogens is 2. The van der Waals surface area contributed by atoms with Gasteiger partial charge < -0.3 is 16.2 Å². The Morgan fingerprint density at radius 1 is 1.13 bits per heavy atom. The van der Waals surface area contributed by atoms with Crippen LogP contribution in [0, 0.1) is 6.92 Å². The lowest BCUT2D eigenvalue weighted by Crippen LogP contribution is -2.13. The van der Waals surface area contributed by atoms with E-state index in [1.165, 1.54) is 19.3 Å². The summed E-state index contributed by atoms with van der Waals surface area (Å²) in [6.45, 7) is 3.13. The first-order valence-electron chi connectivity index (χ1n) is 6.50. The van der Waals surface area contributed by atoms with Crippen LogP contribution in [0.25, 0.3) is 0 Å². The average Bonchev–Trinajstić information content (AvgIpc) is 2.47. The molecule has 2 rings (SSSR count). The third-order valence-electron chi connectivity index (χ3n) is 2.61. The lowest BCUT2D eigenvalue weighted by Gasteiger charge is -2.02. The van der Waals surface area contributed by atoms with E-state index in [0.717, 1.165) is 5.56 Å². The van der Waals surface area contributed by atoms with Gasteiger partial charge in [-0.2, -0.15) is 0 Å². The molecule has 1 aromatic heterocycles. The number of nitrogens with zero attached hydrogens (tertiary/aromatic N) is 2. The summed E-state index contributed by atoms with van der Waals surface area (Å²) in [7, 11) is 0. The number of hydrogen-bond donors (Lipinski definition) is 3. The van der Waals surface area contributed by atoms with Crippen molar-refractivity contribution in [2.45, 2.75) is 13.8 Å². The smallest absolute Gasteiger partial charge is 0.358 e. The van der Waals surface area contributed by atoms with Crippen LogP contribution in [-0.2, 0) is 4.79 Å². The molecule has 0 unspecified atom stereocenters. The van der Waals surface area contributed by atoms with E-state index >= 15 is 0 Å². The van der Waals surface area contributed by atoms with Crippen LogP contribution in [0.15, 0.2) is 36.7 Å². The van der Waals surface area contributed by atoms with Gasteiger partial charge >= 0.3 is 5.97 Å². The highest BCUT2D eigenvalue weighted by Gasteiger charge is 2.12. The maximum absolute atomic E-state index is 10.6. The van der Waals surface area contributed by atoms with Gasteiger partial charge in [-0.05, 0) is 18.6 Å². The Balaban J connectivity index is 0.000000238. The van der Waals surface area contributed by atoms with E-state index in [2.05, 4.69) is 15.3 Å². The summed E-state index contributed by atoms with van der Waals surface area (Å²) in [5.41, 5.74) is 6.34. The summed E-state index contributed by atoms with van der Waals surface area (Å²) in [4.78, 5) is 39.0. The molecular weight excluding hydrogens is 300 g/mol. The second kappa shape index (κ2) is 8.23. The van der Waals surface area contributed by atoms with Gasteiger partial charge in [0.1, 0.15) is 0 Å². The van der Waals surface area contributed by atoms with Crippen molar-refractivity contribution in [3.63, 3.8) is 0 Å². The fourth-order valence-corrected chi connectivity index (χ4v) is 1.60. The third kappa shape index (κ3) is 5.54. The zero-order chi connectivity index (χ0) is 17.4. The van der Waals surface area contributed by atoms with Crippen LogP contribution in [0.5, 0.6) is 0 Å². The fourth-order valence-electron chi connectivity index (χ4n) is 1.60. The molecule has 8 nitrogen and oxygen atoms in total. The Bertz CT molecular complexity index is 731. The van der Waals surface area contributed by atoms with Crippen LogP contribution in [0.2, 0.25) is 0 Å². The molecule has 0 aliphatic heterocycles. The number of carbonyl (C=O) groups excluding carboxylic acids is 2. The van der Waals surface area contributed by atoms with Crippen LogP contribution in [0.4, 0.5) is 5.82 Å². The second-order valence-electron chi connectivity index (χ2n) is 4.42. The number of benzene rings is 1. The highest BCUT2D eigenvalue weighted by Crippen LogP contribution is 2.07. The number of anilines is 1. The van der Waals surface area contributed by atoms with E-state index in [0.29, 0.717) is 5.56 Å². The molecule has 0 radical (unpaired) electrons. The fraction of sp³-hybridized carbons (Fsp3) is 0.133. The molecule has 4 N–H and O–H groups in total. The molecule has 0 atom stereocenters. The van der Waals surface area contributed by atoms with E-state index in [1.807, 2.05) is 19.1 Å². The lowest BCUT2D eigenvalue weighted by atomic mass is 10.1. The van der Waals surface area contributed by atoms with Gasteiger partial charge in [0.05, 0.1) is 0 Å². The first-order chi connectivity index (χ1) is 10.8. The van der Waals surface area contributed by atoms with Crippen LogP contribution >= 0.6 is 0 Å². The maximum atomic E-state index is 10.6. The molecule has 120 valence electrons. The van der Waals surface area contributed by atoms with Gasteiger partial charge in [0.15, 0.2) is 11.5 Å². The molecule has 0 spiro atoms. The SMILES string of the molecule is CC(=O)Nc1nccnc1C(=O)O.Cc1ccccc1C(N)=O. The number of carbonyl (C=O) groups is 3. The van der Waals surface area contributed by atoms with Gasteiger partial charge in [-0.25, -0.2) is 14.8 Å². The lowest BCUT2D eigenvalue weighted by molar-refractivity contribution is -0.114. The number of rotatable bonds is 3. The van der Waals surface area contributed by atoms with E-state index < -0.39 is 5.97 Å². The zero-order valence-electron chi connectivity index (χ0n) is 12.6. The maximum Gasteiger partial charge on any atom is 0.358 e. The van der Waals surface area contributed by atoms with Crippen molar-refractivity contribution in [3.8, 4) is 0 Å². The van der Waals surface area contributed by atoms with Gasteiger partial charge in [-0.1, -0.05) is 18.2 Å². The Morgan fingerprint density at radius 2 is 1.74 bits per heavy atom. The minimum absolute atomic E-state index is 0.0394. The number of nitrogens with two attached hydrogens (primary N) is 1. The summed E-state index contributed by atoms with van der Waals surface area (Å²) in [6, 6.07) is 7.26. The largest absolute Gasteiger partial charge is 0.476 e. The topological polar surface area (TPSA) is 135 Å². The zero-order valence-corrected chi connectivity index (χ0v) is 12.6. The van der Waals surface area contributed by atoms with Crippen molar-refractivity contribution < 1.29 is 19.5 Å². The first kappa shape index (κ1) is 17.8. The van der Waals surface area contributed by atoms with Crippen molar-refractivity contribution in [3.05, 3.63) is 53.5 Å². The molecule has 2 amide bonds. The Hall–Kier alpha value is -3.29. The highest BCUT2D eigenvalue weighted by molar-refractivity contribution is 5.96. The Kier molecular flexibility index (Phi) is 6.35. The monoisotopic (exact) mass is 316 g/mol. The molecule has 0 aliphatic rings. The summed E-state index contributed by atoms with van der Waals surface area (Å²) in [5, 5.41) is 10.9. The number of carboxylic acids is 1. The molecular formula is C15H16N4O4. The van der Waals surface area contributed by atoms with Crippen LogP contribution in [0.1, 0.15) is 33.3 Å². The molecule has 0 saturated heterocycles. The second-order valence-corrected chi connectivity index (χ2v) is 4.42. The third-order valence-corrected chi connectivity index (χ3v) is 2.61. The molecule has 0 saturated carbocycles. The summed E-state index contributed by atoms with van der Waals surface area (Å²) < 4.78 is 0. The quantitative estimate of drug-likeness (QED) is 0.779. The average molecular weight is 316 g/mol. The van der Waals surface area contributed by atoms with Crippen LogP contribution < -0.4 is 11.1 Å². The van der Waals surface area contributed by atoms with E-state index in [1.54, 1.807) is 12.1 Å². The van der Waals surface area contributed by atoms with Gasteiger partial charge in [0.2, 0.25) is 11.8 Å². The van der Waals surface area contributed by atoms with Crippen molar-refractivity contribution in [2.75, 3.05) is 5.32 Å². The Morgan fingerprint density at radius 3 is 2.22 bits per heavy atom. The van der Waals surface area contributed by atoms with Gasteiger partial charge in [0.25, 0.3) is 0 Å². The highest BCUT2D eigenvalue weighted by atomic mass is 16.4. The van der Waals surface area contributed by atoms with Crippen molar-refractivity contribution in [1.82, 2.24) is 9.97 Å². The number of amides is 2. The van der Waals surface area contributed by atoms with Gasteiger partial charge in [-0.15, -0.1) is 0 Å². The standard InChI is InChI=1S/C8H9NO.C7H7N3O3/c1-6-4-2-3-5-7(6)8(9)10;1-4(11)10-6-5(7(12)13)8-2-3-9-6/h2-5H,1H3,(H2,9,10);2-3H,1H3,(H,12,13)(H,9,10,11). The minimum Gasteiger partial charge on any atom is -0.476 e. The number of aromatic carboxylic acids is 1. The number of carboxylic acid groups (broad SMARTS) is 1. The number of aryl methyl sites for hydroxylation is 1. The number of primary amides is 1. The Labute approximate surface area is 132 Å². The van der Waals surface area contributed by atoms with Crippen molar-refractivity contribution in [2.24, 2.45) is 5.73 Å². The molecule has 0 aliphatic carbocycles. The van der Waals surface area contributed by atoms with E-state index in [9.17, 15) is 14.4 Å². The number of nitrogens with one attached hydrogen (secondary N) is 1. The molecule has 8 heteroatoms. The summed E-state index contributed by atoms with van der Waals surface area (Å²) in [6.07, 6.45) is 2.55. The number of hydrogen-bond acceptors (Lipinski definition) is 5. The molecule has 2 aromatic rings. The predicted molar refractivity (Wildman–Crippen MR) is 83.0 cm³/mol.